The van der Waals surface area contributed by atoms with Crippen molar-refractivity contribution < 1.29 is 4.52 Å². The standard InChI is InChI=1S/C11H7Cl6NO/c1-4-2-6(19-18-4)5-3-9(14)7(12)8(13)10(5,15)11(9,16)17/h2,5H,3H2,1H3/t5-,9-,10+/m1/s1. The Balaban J connectivity index is 2.20. The van der Waals surface area contributed by atoms with Crippen LogP contribution in [0.25, 0.3) is 0 Å². The molecule has 104 valence electrons. The van der Waals surface area contributed by atoms with E-state index in [4.69, 9.17) is 74.1 Å². The van der Waals surface area contributed by atoms with Crippen LogP contribution >= 0.6 is 69.6 Å². The number of halogens is 6. The summed E-state index contributed by atoms with van der Waals surface area (Å²) in [5, 5.41) is 4.20. The quantitative estimate of drug-likeness (QED) is 0.617. The summed E-state index contributed by atoms with van der Waals surface area (Å²) < 4.78 is 3.73. The van der Waals surface area contributed by atoms with E-state index in [0.29, 0.717) is 12.2 Å². The summed E-state index contributed by atoms with van der Waals surface area (Å²) in [6.45, 7) is 1.80. The van der Waals surface area contributed by atoms with Gasteiger partial charge in [-0.2, -0.15) is 0 Å². The molecule has 2 nitrogen and oxygen atoms in total. The highest BCUT2D eigenvalue weighted by atomic mass is 35.5. The lowest BCUT2D eigenvalue weighted by Crippen LogP contribution is -2.43. The second-order valence-corrected chi connectivity index (χ2v) is 8.17. The molecule has 0 radical (unpaired) electrons. The predicted octanol–water partition coefficient (Wildman–Crippen LogP) is 5.30. The van der Waals surface area contributed by atoms with Gasteiger partial charge in [0.15, 0.2) is 4.33 Å². The van der Waals surface area contributed by atoms with Crippen molar-refractivity contribution in [1.82, 2.24) is 5.16 Å². The normalized spacial score (nSPS) is 40.3. The van der Waals surface area contributed by atoms with Gasteiger partial charge in [0.2, 0.25) is 0 Å². The summed E-state index contributed by atoms with van der Waals surface area (Å²) in [6, 6.07) is 1.76. The molecule has 0 aromatic carbocycles. The highest BCUT2D eigenvalue weighted by Crippen LogP contribution is 2.76. The molecule has 0 unspecified atom stereocenters. The topological polar surface area (TPSA) is 26.0 Å². The van der Waals surface area contributed by atoms with Gasteiger partial charge < -0.3 is 4.52 Å². The minimum Gasteiger partial charge on any atom is -0.361 e. The van der Waals surface area contributed by atoms with Gasteiger partial charge in [-0.05, 0) is 13.3 Å². The van der Waals surface area contributed by atoms with Crippen molar-refractivity contribution >= 4 is 69.6 Å². The van der Waals surface area contributed by atoms with Crippen molar-refractivity contribution in [2.45, 2.75) is 33.3 Å². The molecule has 19 heavy (non-hydrogen) atoms. The minimum atomic E-state index is -1.53. The van der Waals surface area contributed by atoms with Crippen molar-refractivity contribution in [1.29, 1.82) is 0 Å². The summed E-state index contributed by atoms with van der Waals surface area (Å²) in [5.74, 6) is 0.154. The second-order valence-electron chi connectivity index (χ2n) is 4.84. The Morgan fingerprint density at radius 2 is 1.84 bits per heavy atom. The first-order valence-electron chi connectivity index (χ1n) is 5.41. The fourth-order valence-corrected chi connectivity index (χ4v) is 5.53. The van der Waals surface area contributed by atoms with E-state index in [2.05, 4.69) is 5.16 Å². The maximum Gasteiger partial charge on any atom is 0.167 e. The number of fused-ring (bicyclic) bond motifs is 2. The van der Waals surface area contributed by atoms with Gasteiger partial charge in [-0.15, -0.1) is 23.2 Å². The maximum atomic E-state index is 6.62. The van der Waals surface area contributed by atoms with E-state index in [1.54, 1.807) is 13.0 Å². The molecule has 2 aliphatic carbocycles. The SMILES string of the molecule is Cc1cc([C@H]2C[C@@]3(Cl)C(Cl)=C(Cl)[C@]2(Cl)C3(Cl)Cl)on1. The first-order valence-corrected chi connectivity index (χ1v) is 7.68. The minimum absolute atomic E-state index is 0.168. The molecule has 3 atom stereocenters. The lowest BCUT2D eigenvalue weighted by molar-refractivity contribution is 0.345. The number of nitrogens with zero attached hydrogens (tertiary/aromatic N) is 1. The number of allylic oxidation sites excluding steroid dienone is 2. The summed E-state index contributed by atoms with van der Waals surface area (Å²) in [4.78, 5) is -2.54. The number of alkyl halides is 4. The highest BCUT2D eigenvalue weighted by molar-refractivity contribution is 6.65. The van der Waals surface area contributed by atoms with Crippen LogP contribution in [0.2, 0.25) is 0 Å². The van der Waals surface area contributed by atoms with Gasteiger partial charge in [0.1, 0.15) is 15.5 Å². The zero-order chi connectivity index (χ0) is 14.2. The molecule has 3 rings (SSSR count). The molecule has 2 aliphatic rings. The third kappa shape index (κ3) is 1.51. The summed E-state index contributed by atoms with van der Waals surface area (Å²) >= 11 is 38.3. The number of hydrogen-bond donors (Lipinski definition) is 0. The van der Waals surface area contributed by atoms with Crippen LogP contribution in [0.5, 0.6) is 0 Å². The van der Waals surface area contributed by atoms with Crippen LogP contribution in [0.4, 0.5) is 0 Å². The number of hydrogen-bond acceptors (Lipinski definition) is 2. The molecule has 0 amide bonds. The first kappa shape index (κ1) is 14.6. The van der Waals surface area contributed by atoms with E-state index in [1.807, 2.05) is 0 Å². The number of rotatable bonds is 1. The summed E-state index contributed by atoms with van der Waals surface area (Å²) in [5.41, 5.74) is 0.725. The van der Waals surface area contributed by atoms with Crippen molar-refractivity contribution in [2.24, 2.45) is 0 Å². The molecule has 1 aromatic rings. The number of aryl methyl sites for hydroxylation is 1. The van der Waals surface area contributed by atoms with Gasteiger partial charge in [0.05, 0.1) is 15.8 Å². The van der Waals surface area contributed by atoms with E-state index in [-0.39, 0.29) is 10.1 Å². The first-order chi connectivity index (χ1) is 8.66. The van der Waals surface area contributed by atoms with Gasteiger partial charge in [-0.25, -0.2) is 0 Å². The zero-order valence-electron chi connectivity index (χ0n) is 9.49. The van der Waals surface area contributed by atoms with E-state index in [1.165, 1.54) is 0 Å². The molecule has 1 fully saturated rings. The van der Waals surface area contributed by atoms with Crippen LogP contribution in [0.15, 0.2) is 20.7 Å². The van der Waals surface area contributed by atoms with E-state index < -0.39 is 20.0 Å². The van der Waals surface area contributed by atoms with Crippen molar-refractivity contribution in [3.05, 3.63) is 27.6 Å². The molecular formula is C11H7Cl6NO. The summed E-state index contributed by atoms with van der Waals surface area (Å²) in [6.07, 6.45) is 0.328. The monoisotopic (exact) mass is 379 g/mol. The van der Waals surface area contributed by atoms with E-state index in [9.17, 15) is 0 Å². The Morgan fingerprint density at radius 1 is 1.21 bits per heavy atom. The molecule has 1 heterocycles. The molecule has 8 heteroatoms. The average Bonchev–Trinajstić information content (AvgIpc) is 2.85. The van der Waals surface area contributed by atoms with Crippen molar-refractivity contribution in [3.63, 3.8) is 0 Å². The highest BCUT2D eigenvalue weighted by Gasteiger charge is 2.79. The van der Waals surface area contributed by atoms with Crippen LogP contribution in [0.3, 0.4) is 0 Å². The van der Waals surface area contributed by atoms with E-state index in [0.717, 1.165) is 5.69 Å². The van der Waals surface area contributed by atoms with Crippen molar-refractivity contribution in [3.8, 4) is 0 Å². The van der Waals surface area contributed by atoms with Gasteiger partial charge in [-0.3, -0.25) is 0 Å². The van der Waals surface area contributed by atoms with Crippen LogP contribution in [-0.2, 0) is 0 Å². The third-order valence-electron chi connectivity index (χ3n) is 3.77. The van der Waals surface area contributed by atoms with Crippen LogP contribution in [-0.4, -0.2) is 19.2 Å². The van der Waals surface area contributed by atoms with Crippen LogP contribution < -0.4 is 0 Å². The fourth-order valence-electron chi connectivity index (χ4n) is 2.75. The zero-order valence-corrected chi connectivity index (χ0v) is 14.0. The molecule has 0 aliphatic heterocycles. The fraction of sp³-hybridized carbons (Fsp3) is 0.545. The Kier molecular flexibility index (Phi) is 3.17. The molecule has 1 aromatic heterocycles. The predicted molar refractivity (Wildman–Crippen MR) is 78.9 cm³/mol. The Hall–Kier alpha value is 0.690. The molecule has 0 spiro atoms. The summed E-state index contributed by atoms with van der Waals surface area (Å²) in [7, 11) is 0. The lowest BCUT2D eigenvalue weighted by atomic mass is 9.90. The van der Waals surface area contributed by atoms with Gasteiger partial charge in [0, 0.05) is 12.0 Å². The van der Waals surface area contributed by atoms with Gasteiger partial charge >= 0.3 is 0 Å². The smallest absolute Gasteiger partial charge is 0.167 e. The lowest BCUT2D eigenvalue weighted by Gasteiger charge is -2.32. The third-order valence-corrected chi connectivity index (χ3v) is 8.05. The van der Waals surface area contributed by atoms with Gasteiger partial charge in [0.25, 0.3) is 0 Å². The Labute approximate surface area is 139 Å². The molecule has 0 saturated heterocycles. The molecule has 2 bridgehead atoms. The maximum absolute atomic E-state index is 6.62. The molecule has 1 saturated carbocycles. The largest absolute Gasteiger partial charge is 0.361 e. The Morgan fingerprint density at radius 3 is 2.26 bits per heavy atom. The average molecular weight is 382 g/mol. The Bertz CT molecular complexity index is 596. The van der Waals surface area contributed by atoms with Gasteiger partial charge in [-0.1, -0.05) is 51.6 Å². The van der Waals surface area contributed by atoms with Crippen LogP contribution in [0.1, 0.15) is 23.8 Å². The molecular weight excluding hydrogens is 375 g/mol. The van der Waals surface area contributed by atoms with Crippen LogP contribution in [0, 0.1) is 6.92 Å². The number of aromatic nitrogens is 1. The van der Waals surface area contributed by atoms with Crippen molar-refractivity contribution in [2.75, 3.05) is 0 Å². The second kappa shape index (κ2) is 4.12. The molecule has 0 N–H and O–H groups in total. The van der Waals surface area contributed by atoms with E-state index >= 15 is 0 Å².